The number of morpholine rings is 1. The molecule has 0 bridgehead atoms. The lowest BCUT2D eigenvalue weighted by Gasteiger charge is -2.30. The molecule has 0 saturated carbocycles. The number of hydrogen-bond acceptors (Lipinski definition) is 6. The number of nitrogens with zero attached hydrogens (tertiary/aromatic N) is 2. The van der Waals surface area contributed by atoms with Crippen LogP contribution in [0, 0.1) is 5.92 Å². The van der Waals surface area contributed by atoms with Crippen LogP contribution in [0.5, 0.6) is 0 Å². The van der Waals surface area contributed by atoms with E-state index in [-0.39, 0.29) is 23.9 Å². The topological polar surface area (TPSA) is 68.3 Å². The summed E-state index contributed by atoms with van der Waals surface area (Å²) in [5.74, 6) is -0.609. The van der Waals surface area contributed by atoms with Crippen molar-refractivity contribution in [3.8, 4) is 0 Å². The summed E-state index contributed by atoms with van der Waals surface area (Å²) >= 11 is 0. The van der Waals surface area contributed by atoms with Crippen molar-refractivity contribution in [2.24, 2.45) is 5.92 Å². The van der Waals surface area contributed by atoms with E-state index in [0.29, 0.717) is 19.7 Å². The average molecular weight is 342 g/mol. The van der Waals surface area contributed by atoms with Crippen LogP contribution >= 0.6 is 0 Å². The lowest BCUT2D eigenvalue weighted by Crippen LogP contribution is -2.44. The van der Waals surface area contributed by atoms with E-state index in [1.165, 1.54) is 7.11 Å². The van der Waals surface area contributed by atoms with Crippen LogP contribution in [0.15, 0.2) is 0 Å². The summed E-state index contributed by atoms with van der Waals surface area (Å²) in [6.07, 6.45) is 2.22. The fraction of sp³-hybridized carbons (Fsp3) is 0.882. The smallest absolute Gasteiger partial charge is 0.310 e. The minimum absolute atomic E-state index is 0.00484. The van der Waals surface area contributed by atoms with Crippen molar-refractivity contribution in [1.82, 2.24) is 9.80 Å². The minimum atomic E-state index is -0.349. The molecule has 0 radical (unpaired) electrons. The monoisotopic (exact) mass is 342 g/mol. The Morgan fingerprint density at radius 3 is 2.67 bits per heavy atom. The molecule has 2 aliphatic rings. The van der Waals surface area contributed by atoms with Gasteiger partial charge in [-0.3, -0.25) is 14.5 Å². The van der Waals surface area contributed by atoms with Gasteiger partial charge in [0.2, 0.25) is 0 Å². The van der Waals surface area contributed by atoms with Crippen LogP contribution in [0.1, 0.15) is 26.2 Å². The molecule has 2 rings (SSSR count). The van der Waals surface area contributed by atoms with E-state index >= 15 is 0 Å². The first-order valence-corrected chi connectivity index (χ1v) is 8.90. The molecule has 2 saturated heterocycles. The van der Waals surface area contributed by atoms with Gasteiger partial charge in [0.05, 0.1) is 26.2 Å². The summed E-state index contributed by atoms with van der Waals surface area (Å²) < 4.78 is 15.7. The second kappa shape index (κ2) is 9.96. The first kappa shape index (κ1) is 19.1. The molecule has 0 aliphatic carbocycles. The van der Waals surface area contributed by atoms with E-state index in [1.807, 2.05) is 0 Å². The van der Waals surface area contributed by atoms with Crippen LogP contribution in [-0.2, 0) is 23.8 Å². The normalized spacial score (nSPS) is 23.0. The largest absolute Gasteiger partial charge is 0.469 e. The lowest BCUT2D eigenvalue weighted by atomic mass is 10.1. The van der Waals surface area contributed by atoms with Crippen molar-refractivity contribution in [2.45, 2.75) is 32.3 Å². The van der Waals surface area contributed by atoms with Crippen LogP contribution < -0.4 is 0 Å². The maximum absolute atomic E-state index is 12.7. The number of hydrogen-bond donors (Lipinski definition) is 0. The van der Waals surface area contributed by atoms with E-state index in [4.69, 9.17) is 14.2 Å². The maximum atomic E-state index is 12.7. The highest BCUT2D eigenvalue weighted by molar-refractivity contribution is 5.82. The highest BCUT2D eigenvalue weighted by Crippen LogP contribution is 2.16. The third-order valence-corrected chi connectivity index (χ3v) is 4.62. The summed E-state index contributed by atoms with van der Waals surface area (Å²) in [5, 5.41) is 0. The van der Waals surface area contributed by atoms with E-state index in [1.54, 1.807) is 11.8 Å². The Morgan fingerprint density at radius 1 is 1.29 bits per heavy atom. The molecule has 1 amide bonds. The minimum Gasteiger partial charge on any atom is -0.469 e. The van der Waals surface area contributed by atoms with Gasteiger partial charge in [-0.2, -0.15) is 0 Å². The molecule has 0 N–H and O–H groups in total. The molecular weight excluding hydrogens is 312 g/mol. The van der Waals surface area contributed by atoms with E-state index in [0.717, 1.165) is 52.1 Å². The summed E-state index contributed by atoms with van der Waals surface area (Å²) in [6.45, 7) is 7.83. The van der Waals surface area contributed by atoms with Gasteiger partial charge in [-0.05, 0) is 19.3 Å². The molecule has 0 spiro atoms. The predicted molar refractivity (Wildman–Crippen MR) is 88.6 cm³/mol. The van der Waals surface area contributed by atoms with E-state index < -0.39 is 0 Å². The van der Waals surface area contributed by atoms with E-state index in [2.05, 4.69) is 4.90 Å². The molecule has 0 aromatic carbocycles. The average Bonchev–Trinajstić information content (AvgIpc) is 3.15. The molecule has 7 nitrogen and oxygen atoms in total. The molecule has 2 fully saturated rings. The Balaban J connectivity index is 1.85. The first-order valence-electron chi connectivity index (χ1n) is 8.90. The Kier molecular flexibility index (Phi) is 7.94. The Labute approximate surface area is 144 Å². The van der Waals surface area contributed by atoms with Crippen LogP contribution in [0.3, 0.4) is 0 Å². The van der Waals surface area contributed by atoms with Gasteiger partial charge in [-0.1, -0.05) is 6.92 Å². The molecule has 0 aromatic rings. The maximum Gasteiger partial charge on any atom is 0.310 e. The van der Waals surface area contributed by atoms with E-state index in [9.17, 15) is 9.59 Å². The highest BCUT2D eigenvalue weighted by atomic mass is 16.5. The van der Waals surface area contributed by atoms with Crippen molar-refractivity contribution in [2.75, 3.05) is 59.7 Å². The highest BCUT2D eigenvalue weighted by Gasteiger charge is 2.30. The second-order valence-corrected chi connectivity index (χ2v) is 6.52. The number of rotatable bonds is 8. The van der Waals surface area contributed by atoms with Crippen molar-refractivity contribution >= 4 is 11.9 Å². The van der Waals surface area contributed by atoms with Gasteiger partial charge in [0.25, 0.3) is 5.91 Å². The number of carbonyl (C=O) groups excluding carboxylic acids is 2. The summed E-state index contributed by atoms with van der Waals surface area (Å²) in [7, 11) is 1.38. The predicted octanol–water partition coefficient (Wildman–Crippen LogP) is 0.525. The zero-order chi connectivity index (χ0) is 17.4. The number of carbonyl (C=O) groups is 2. The Morgan fingerprint density at radius 2 is 2.04 bits per heavy atom. The van der Waals surface area contributed by atoms with Crippen molar-refractivity contribution < 1.29 is 23.8 Å². The Hall–Kier alpha value is -1.18. The molecule has 24 heavy (non-hydrogen) atoms. The summed E-state index contributed by atoms with van der Waals surface area (Å²) in [6, 6.07) is 0. The van der Waals surface area contributed by atoms with Crippen LogP contribution in [0.4, 0.5) is 0 Å². The van der Waals surface area contributed by atoms with Crippen molar-refractivity contribution in [3.63, 3.8) is 0 Å². The number of ether oxygens (including phenoxy) is 3. The fourth-order valence-electron chi connectivity index (χ4n) is 3.18. The van der Waals surface area contributed by atoms with Gasteiger partial charge in [0.15, 0.2) is 0 Å². The molecule has 2 heterocycles. The van der Waals surface area contributed by atoms with Gasteiger partial charge >= 0.3 is 5.97 Å². The second-order valence-electron chi connectivity index (χ2n) is 6.52. The number of amides is 1. The van der Waals surface area contributed by atoms with Crippen LogP contribution in [0.2, 0.25) is 0 Å². The standard InChI is InChI=1S/C17H30N2O5/c1-14(17(21)22-2)13-19(16(20)15-5-3-10-24-15)7-4-6-18-8-11-23-12-9-18/h14-15H,3-13H2,1-2H3. The number of methoxy groups -OCH3 is 1. The zero-order valence-corrected chi connectivity index (χ0v) is 14.9. The van der Waals surface area contributed by atoms with Crippen molar-refractivity contribution in [3.05, 3.63) is 0 Å². The van der Waals surface area contributed by atoms with Gasteiger partial charge in [-0.25, -0.2) is 0 Å². The quantitative estimate of drug-likeness (QED) is 0.599. The van der Waals surface area contributed by atoms with Crippen LogP contribution in [-0.4, -0.2) is 87.4 Å². The molecular formula is C17H30N2O5. The third-order valence-electron chi connectivity index (χ3n) is 4.62. The molecule has 2 atom stereocenters. The number of esters is 1. The fourth-order valence-corrected chi connectivity index (χ4v) is 3.18. The van der Waals surface area contributed by atoms with Gasteiger partial charge in [0.1, 0.15) is 6.10 Å². The van der Waals surface area contributed by atoms with Crippen molar-refractivity contribution in [1.29, 1.82) is 0 Å². The summed E-state index contributed by atoms with van der Waals surface area (Å²) in [5.41, 5.74) is 0. The summed E-state index contributed by atoms with van der Waals surface area (Å²) in [4.78, 5) is 28.5. The van der Waals surface area contributed by atoms with Gasteiger partial charge < -0.3 is 19.1 Å². The molecule has 2 unspecified atom stereocenters. The SMILES string of the molecule is COC(=O)C(C)CN(CCCN1CCOCC1)C(=O)C1CCCO1. The third kappa shape index (κ3) is 5.72. The molecule has 138 valence electrons. The Bertz CT molecular complexity index is 406. The zero-order valence-electron chi connectivity index (χ0n) is 14.9. The van der Waals surface area contributed by atoms with Gasteiger partial charge in [0, 0.05) is 39.3 Å². The molecule has 7 heteroatoms. The first-order chi connectivity index (χ1) is 11.6. The molecule has 2 aliphatic heterocycles. The molecule has 0 aromatic heterocycles. The van der Waals surface area contributed by atoms with Crippen LogP contribution in [0.25, 0.3) is 0 Å². The van der Waals surface area contributed by atoms with Gasteiger partial charge in [-0.15, -0.1) is 0 Å². The lowest BCUT2D eigenvalue weighted by molar-refractivity contribution is -0.148.